The van der Waals surface area contributed by atoms with E-state index < -0.39 is 149 Å². The number of likely N-dealkylation sites (N-methyl/N-ethyl adjacent to an activating group) is 1. The summed E-state index contributed by atoms with van der Waals surface area (Å²) in [6, 6.07) is -1.03. The minimum atomic E-state index is -1.74. The molecule has 0 aromatic heterocycles. The second-order valence-electron chi connectivity index (χ2n) is 25.2. The molecule has 0 bridgehead atoms. The van der Waals surface area contributed by atoms with Gasteiger partial charge in [0.2, 0.25) is 35.4 Å². The van der Waals surface area contributed by atoms with Gasteiger partial charge >= 0.3 is 18.0 Å². The Morgan fingerprint density at radius 1 is 0.854 bits per heavy atom. The third-order valence-electron chi connectivity index (χ3n) is 16.4. The Balaban J connectivity index is 1.62. The van der Waals surface area contributed by atoms with Crippen LogP contribution in [-0.2, 0) is 63.8 Å². The SMILES string of the molecule is CC[C@H](C)[C@@H]1NC(=O)[C@H](NC(=O)[C@@H](CC(C)C)N2CC[C@]3(CCCN3C(=O)OC(C)(C)C)C2=O)[C@@H](C)OC(=O)[C@H](Cc2ccc(OC)cc2)N(C)C(=O)[C@@H]2CCCN2C(=O)[C@H](CC(C)C)NC(=O)[C@@H](C)C(=O)[C@H](C(C)C)OC(=O)C[C@@H]1O. The summed E-state index contributed by atoms with van der Waals surface area (Å²) in [7, 11) is 2.91. The van der Waals surface area contributed by atoms with Gasteiger partial charge in [-0.3, -0.25) is 43.3 Å². The van der Waals surface area contributed by atoms with E-state index in [4.69, 9.17) is 18.9 Å². The lowest BCUT2D eigenvalue weighted by Crippen LogP contribution is -2.62. The van der Waals surface area contributed by atoms with Crippen molar-refractivity contribution in [3.05, 3.63) is 29.8 Å². The van der Waals surface area contributed by atoms with E-state index in [-0.39, 0.29) is 63.6 Å². The van der Waals surface area contributed by atoms with Crippen LogP contribution in [0.15, 0.2) is 24.3 Å². The molecule has 82 heavy (non-hydrogen) atoms. The summed E-state index contributed by atoms with van der Waals surface area (Å²) < 4.78 is 23.1. The number of amides is 7. The molecule has 458 valence electrons. The minimum Gasteiger partial charge on any atom is -0.497 e. The highest BCUT2D eigenvalue weighted by molar-refractivity contribution is 6.05. The zero-order chi connectivity index (χ0) is 61.3. The molecule has 7 amide bonds. The highest BCUT2D eigenvalue weighted by Gasteiger charge is 2.58. The molecule has 0 unspecified atom stereocenters. The van der Waals surface area contributed by atoms with E-state index in [0.29, 0.717) is 37.0 Å². The van der Waals surface area contributed by atoms with E-state index >= 15 is 14.4 Å². The standard InChI is InChI=1S/C60H93N7O15/c1-16-36(8)47-45(68)32-46(69)81-50(35(6)7)49(70)37(9)51(71)61-41(29-33(2)3)54(74)65-26-17-19-42(65)55(75)64(14)44(31-39-20-22-40(79-15)23-21-39)56(76)80-38(10)48(53(73)62-47)63-52(72)43(30-34(4)5)66-28-25-60(57(66)77)24-18-27-67(60)58(78)82-59(11,12)13/h20-23,33-38,41-45,47-48,50,68H,16-19,24-32H2,1-15H3,(H,61,71)(H,62,73)(H,63,72)/t36-,37-,38+,41-,42-,43+,44-,45-,47-,48+,50-,60+/m0/s1. The van der Waals surface area contributed by atoms with Crippen LogP contribution in [0.25, 0.3) is 0 Å². The highest BCUT2D eigenvalue weighted by Crippen LogP contribution is 2.41. The average Bonchev–Trinajstić information content (AvgIpc) is 4.05. The van der Waals surface area contributed by atoms with Crippen molar-refractivity contribution in [1.29, 1.82) is 0 Å². The van der Waals surface area contributed by atoms with Crippen molar-refractivity contribution in [1.82, 2.24) is 35.6 Å². The average molecular weight is 1150 g/mol. The maximum absolute atomic E-state index is 15.1. The van der Waals surface area contributed by atoms with E-state index in [0.717, 1.165) is 0 Å². The molecule has 22 heteroatoms. The summed E-state index contributed by atoms with van der Waals surface area (Å²) >= 11 is 0. The summed E-state index contributed by atoms with van der Waals surface area (Å²) in [6.07, 6.45) is -3.79. The third kappa shape index (κ3) is 16.1. The number of aliphatic hydroxyl groups is 1. The van der Waals surface area contributed by atoms with Crippen LogP contribution in [-0.4, -0.2) is 183 Å². The fourth-order valence-electron chi connectivity index (χ4n) is 11.6. The monoisotopic (exact) mass is 1150 g/mol. The molecular formula is C60H93N7O15. The van der Waals surface area contributed by atoms with Crippen LogP contribution in [0, 0.1) is 29.6 Å². The summed E-state index contributed by atoms with van der Waals surface area (Å²) in [5.74, 6) is -9.29. The molecular weight excluding hydrogens is 1060 g/mol. The summed E-state index contributed by atoms with van der Waals surface area (Å²) in [5.41, 5.74) is -1.54. The Morgan fingerprint density at radius 2 is 1.51 bits per heavy atom. The molecule has 4 aliphatic heterocycles. The number of fused-ring (bicyclic) bond motifs is 1. The number of likely N-dealkylation sites (tertiary alicyclic amines) is 2. The number of carbonyl (C=O) groups excluding carboxylic acids is 10. The van der Waals surface area contributed by atoms with Crippen LogP contribution in [0.5, 0.6) is 5.75 Å². The predicted octanol–water partition coefficient (Wildman–Crippen LogP) is 4.49. The Hall–Kier alpha value is -6.32. The van der Waals surface area contributed by atoms with Crippen LogP contribution in [0.4, 0.5) is 4.79 Å². The molecule has 4 saturated heterocycles. The van der Waals surface area contributed by atoms with E-state index in [9.17, 15) is 38.7 Å². The highest BCUT2D eigenvalue weighted by atomic mass is 16.6. The maximum Gasteiger partial charge on any atom is 0.411 e. The first kappa shape index (κ1) is 66.5. The Morgan fingerprint density at radius 3 is 2.10 bits per heavy atom. The molecule has 1 spiro atoms. The van der Waals surface area contributed by atoms with Crippen molar-refractivity contribution in [2.75, 3.05) is 33.8 Å². The van der Waals surface area contributed by atoms with Gasteiger partial charge in [-0.1, -0.05) is 73.9 Å². The number of ether oxygens (including phenoxy) is 4. The molecule has 0 saturated carbocycles. The number of aliphatic hydroxyl groups excluding tert-OH is 1. The Bertz CT molecular complexity index is 2480. The minimum absolute atomic E-state index is 0.0908. The molecule has 4 N–H and O–H groups in total. The van der Waals surface area contributed by atoms with Gasteiger partial charge in [-0.2, -0.15) is 0 Å². The third-order valence-corrected chi connectivity index (χ3v) is 16.4. The normalized spacial score (nSPS) is 28.7. The maximum atomic E-state index is 15.1. The molecule has 4 heterocycles. The van der Waals surface area contributed by atoms with Gasteiger partial charge < -0.3 is 54.7 Å². The lowest BCUT2D eigenvalue weighted by atomic mass is 9.91. The summed E-state index contributed by atoms with van der Waals surface area (Å²) in [6.45, 7) is 22.6. The van der Waals surface area contributed by atoms with Crippen LogP contribution in [0.3, 0.4) is 0 Å². The number of cyclic esters (lactones) is 2. The van der Waals surface area contributed by atoms with Crippen LogP contribution >= 0.6 is 0 Å². The van der Waals surface area contributed by atoms with Gasteiger partial charge in [0.25, 0.3) is 0 Å². The predicted molar refractivity (Wildman–Crippen MR) is 302 cm³/mol. The first-order chi connectivity index (χ1) is 38.3. The second-order valence-corrected chi connectivity index (χ2v) is 25.2. The second kappa shape index (κ2) is 28.3. The van der Waals surface area contributed by atoms with Gasteiger partial charge in [0.05, 0.1) is 31.6 Å². The van der Waals surface area contributed by atoms with Crippen molar-refractivity contribution >= 4 is 59.3 Å². The Kier molecular flexibility index (Phi) is 22.9. The van der Waals surface area contributed by atoms with Gasteiger partial charge in [0, 0.05) is 33.1 Å². The molecule has 22 nitrogen and oxygen atoms in total. The van der Waals surface area contributed by atoms with Gasteiger partial charge in [-0.25, -0.2) is 9.59 Å². The molecule has 12 atom stereocenters. The molecule has 5 rings (SSSR count). The number of rotatable bonds is 13. The van der Waals surface area contributed by atoms with Crippen LogP contribution in [0.2, 0.25) is 0 Å². The Labute approximate surface area is 484 Å². The van der Waals surface area contributed by atoms with Gasteiger partial charge in [-0.15, -0.1) is 0 Å². The molecule has 4 aliphatic rings. The summed E-state index contributed by atoms with van der Waals surface area (Å²) in [5, 5.41) is 20.3. The fourth-order valence-corrected chi connectivity index (χ4v) is 11.6. The largest absolute Gasteiger partial charge is 0.497 e. The first-order valence-electron chi connectivity index (χ1n) is 29.4. The molecule has 1 aromatic carbocycles. The molecule has 4 fully saturated rings. The number of carbonyl (C=O) groups is 10. The van der Waals surface area contributed by atoms with Crippen molar-refractivity contribution in [3.8, 4) is 5.75 Å². The lowest BCUT2D eigenvalue weighted by molar-refractivity contribution is -0.163. The van der Waals surface area contributed by atoms with E-state index in [2.05, 4.69) is 16.0 Å². The van der Waals surface area contributed by atoms with E-state index in [1.54, 1.807) is 72.7 Å². The summed E-state index contributed by atoms with van der Waals surface area (Å²) in [4.78, 5) is 151. The number of hydrogen-bond acceptors (Lipinski definition) is 15. The number of ketones is 1. The zero-order valence-electron chi connectivity index (χ0n) is 51.0. The van der Waals surface area contributed by atoms with Gasteiger partial charge in [0.15, 0.2) is 11.9 Å². The number of hydrogen-bond donors (Lipinski definition) is 4. The number of nitrogens with one attached hydrogen (secondary N) is 3. The topological polar surface area (TPSA) is 277 Å². The van der Waals surface area contributed by atoms with Crippen molar-refractivity contribution in [3.63, 3.8) is 0 Å². The van der Waals surface area contributed by atoms with Gasteiger partial charge in [0.1, 0.15) is 53.2 Å². The quantitative estimate of drug-likeness (QED) is 0.120. The van der Waals surface area contributed by atoms with Crippen molar-refractivity contribution in [2.24, 2.45) is 29.6 Å². The lowest BCUT2D eigenvalue weighted by Gasteiger charge is -2.37. The number of benzene rings is 1. The number of Topliss-reactive ketones (excluding diaryl/α,β-unsaturated/α-hetero) is 1. The number of methoxy groups -OCH3 is 1. The smallest absolute Gasteiger partial charge is 0.411 e. The van der Waals surface area contributed by atoms with E-state index in [1.165, 1.54) is 47.6 Å². The first-order valence-corrected chi connectivity index (χ1v) is 29.4. The molecule has 0 radical (unpaired) electrons. The van der Waals surface area contributed by atoms with E-state index in [1.807, 2.05) is 27.7 Å². The zero-order valence-corrected chi connectivity index (χ0v) is 51.0. The fraction of sp³-hybridized carbons (Fsp3) is 0.733. The van der Waals surface area contributed by atoms with Crippen molar-refractivity contribution in [2.45, 2.75) is 220 Å². The molecule has 1 aromatic rings. The van der Waals surface area contributed by atoms with Crippen LogP contribution < -0.4 is 20.7 Å². The molecule has 0 aliphatic carbocycles. The van der Waals surface area contributed by atoms with Crippen molar-refractivity contribution < 1.29 is 72.0 Å². The van der Waals surface area contributed by atoms with Crippen LogP contribution in [0.1, 0.15) is 153 Å². The number of esters is 2. The number of nitrogens with zero attached hydrogens (tertiary/aromatic N) is 4. The van der Waals surface area contributed by atoms with Gasteiger partial charge in [-0.05, 0) is 121 Å².